The van der Waals surface area contributed by atoms with Crippen molar-refractivity contribution in [2.75, 3.05) is 18.0 Å². The second kappa shape index (κ2) is 13.5. The average molecular weight is 566 g/mol. The van der Waals surface area contributed by atoms with Gasteiger partial charge >= 0.3 is 0 Å². The van der Waals surface area contributed by atoms with E-state index in [1.807, 2.05) is 52.0 Å². The van der Waals surface area contributed by atoms with Gasteiger partial charge in [-0.2, -0.15) is 0 Å². The van der Waals surface area contributed by atoms with E-state index in [1.165, 1.54) is 24.1 Å². The number of aryl methyl sites for hydroxylation is 2. The van der Waals surface area contributed by atoms with Gasteiger partial charge in [0.1, 0.15) is 18.3 Å². The standard InChI is InChI=1S/C31H39N3O5S/c1-7-24(4)32-31(36)25(5)33(20-26-11-9-8-10-23(26)3)30(35)21-34(27-14-12-22(2)13-15-27)40(37,38)29-18-16-28(39-6)17-19-29/h8-19,24-25H,7,20-21H2,1-6H3,(H,32,36)/t24-,25-/m0/s1. The number of benzene rings is 3. The van der Waals surface area contributed by atoms with Crippen LogP contribution in [0.15, 0.2) is 77.7 Å². The summed E-state index contributed by atoms with van der Waals surface area (Å²) < 4.78 is 34.1. The Hall–Kier alpha value is -3.85. The van der Waals surface area contributed by atoms with Gasteiger partial charge in [0.2, 0.25) is 11.8 Å². The van der Waals surface area contributed by atoms with Crippen molar-refractivity contribution < 1.29 is 22.7 Å². The molecule has 3 aromatic carbocycles. The van der Waals surface area contributed by atoms with E-state index in [-0.39, 0.29) is 23.4 Å². The smallest absolute Gasteiger partial charge is 0.264 e. The van der Waals surface area contributed by atoms with E-state index in [0.717, 1.165) is 27.4 Å². The zero-order valence-corrected chi connectivity index (χ0v) is 24.9. The molecule has 0 aliphatic rings. The average Bonchev–Trinajstić information content (AvgIpc) is 2.95. The Morgan fingerprint density at radius 1 is 0.925 bits per heavy atom. The van der Waals surface area contributed by atoms with Gasteiger partial charge in [0.05, 0.1) is 17.7 Å². The number of methoxy groups -OCH3 is 1. The lowest BCUT2D eigenvalue weighted by atomic mass is 10.1. The minimum Gasteiger partial charge on any atom is -0.497 e. The van der Waals surface area contributed by atoms with Crippen molar-refractivity contribution in [3.05, 3.63) is 89.5 Å². The van der Waals surface area contributed by atoms with Crippen LogP contribution in [0.5, 0.6) is 5.75 Å². The lowest BCUT2D eigenvalue weighted by Gasteiger charge is -2.32. The van der Waals surface area contributed by atoms with Crippen molar-refractivity contribution in [1.82, 2.24) is 10.2 Å². The maximum atomic E-state index is 14.0. The molecular formula is C31H39N3O5S. The maximum absolute atomic E-state index is 14.0. The molecule has 0 aromatic heterocycles. The number of ether oxygens (including phenoxy) is 1. The highest BCUT2D eigenvalue weighted by Crippen LogP contribution is 2.26. The number of hydrogen-bond acceptors (Lipinski definition) is 5. The molecule has 0 aliphatic carbocycles. The molecule has 0 aliphatic heterocycles. The Labute approximate surface area is 238 Å². The van der Waals surface area contributed by atoms with Crippen molar-refractivity contribution in [2.24, 2.45) is 0 Å². The Bertz CT molecular complexity index is 1410. The zero-order chi connectivity index (χ0) is 29.4. The molecule has 8 nitrogen and oxygen atoms in total. The van der Waals surface area contributed by atoms with Crippen molar-refractivity contribution in [1.29, 1.82) is 0 Å². The number of anilines is 1. The predicted octanol–water partition coefficient (Wildman–Crippen LogP) is 4.84. The fraction of sp³-hybridized carbons (Fsp3) is 0.355. The van der Waals surface area contributed by atoms with Crippen molar-refractivity contribution >= 4 is 27.5 Å². The summed E-state index contributed by atoms with van der Waals surface area (Å²) in [5, 5.41) is 2.95. The van der Waals surface area contributed by atoms with Gasteiger partial charge in [0, 0.05) is 12.6 Å². The van der Waals surface area contributed by atoms with Crippen molar-refractivity contribution in [2.45, 2.75) is 64.6 Å². The number of sulfonamides is 1. The van der Waals surface area contributed by atoms with Crippen molar-refractivity contribution in [3.8, 4) is 5.75 Å². The number of amides is 2. The molecule has 214 valence electrons. The monoisotopic (exact) mass is 565 g/mol. The molecule has 0 saturated carbocycles. The normalized spacial score (nSPS) is 12.8. The molecule has 0 fully saturated rings. The summed E-state index contributed by atoms with van der Waals surface area (Å²) in [5.41, 5.74) is 3.14. The summed E-state index contributed by atoms with van der Waals surface area (Å²) in [6.07, 6.45) is 0.742. The lowest BCUT2D eigenvalue weighted by molar-refractivity contribution is -0.139. The molecule has 0 radical (unpaired) electrons. The van der Waals surface area contributed by atoms with E-state index in [4.69, 9.17) is 4.74 Å². The largest absolute Gasteiger partial charge is 0.497 e. The Kier molecular flexibility index (Phi) is 10.3. The van der Waals surface area contributed by atoms with Gasteiger partial charge in [-0.05, 0) is 81.6 Å². The topological polar surface area (TPSA) is 96.0 Å². The number of carbonyl (C=O) groups excluding carboxylic acids is 2. The first-order valence-electron chi connectivity index (χ1n) is 13.4. The van der Waals surface area contributed by atoms with Crippen LogP contribution in [0.1, 0.15) is 43.9 Å². The molecule has 0 spiro atoms. The van der Waals surface area contributed by atoms with Crippen LogP contribution in [0.3, 0.4) is 0 Å². The number of nitrogens with one attached hydrogen (secondary N) is 1. The number of nitrogens with zero attached hydrogens (tertiary/aromatic N) is 2. The Morgan fingerprint density at radius 3 is 2.12 bits per heavy atom. The molecule has 40 heavy (non-hydrogen) atoms. The molecule has 3 aromatic rings. The second-order valence-electron chi connectivity index (χ2n) is 9.96. The minimum absolute atomic E-state index is 0.0229. The molecule has 2 atom stereocenters. The highest BCUT2D eigenvalue weighted by molar-refractivity contribution is 7.92. The van der Waals surface area contributed by atoms with E-state index in [0.29, 0.717) is 11.4 Å². The third-order valence-electron chi connectivity index (χ3n) is 7.02. The maximum Gasteiger partial charge on any atom is 0.264 e. The Balaban J connectivity index is 2.03. The van der Waals surface area contributed by atoms with Crippen LogP contribution in [0.2, 0.25) is 0 Å². The number of hydrogen-bond donors (Lipinski definition) is 1. The SMILES string of the molecule is CC[C@H](C)NC(=O)[C@H](C)N(Cc1ccccc1C)C(=O)CN(c1ccc(C)cc1)S(=O)(=O)c1ccc(OC)cc1. The van der Waals surface area contributed by atoms with Crippen molar-refractivity contribution in [3.63, 3.8) is 0 Å². The van der Waals surface area contributed by atoms with Crippen LogP contribution in [0.25, 0.3) is 0 Å². The number of carbonyl (C=O) groups is 2. The van der Waals surface area contributed by atoms with E-state index in [2.05, 4.69) is 5.32 Å². The fourth-order valence-corrected chi connectivity index (χ4v) is 5.55. The molecule has 2 amide bonds. The summed E-state index contributed by atoms with van der Waals surface area (Å²) in [7, 11) is -2.64. The van der Waals surface area contributed by atoms with Crippen LogP contribution < -0.4 is 14.4 Å². The van der Waals surface area contributed by atoms with Gasteiger partial charge in [-0.25, -0.2) is 8.42 Å². The predicted molar refractivity (Wildman–Crippen MR) is 158 cm³/mol. The molecule has 0 saturated heterocycles. The van der Waals surface area contributed by atoms with Crippen LogP contribution >= 0.6 is 0 Å². The summed E-state index contributed by atoms with van der Waals surface area (Å²) in [5.74, 6) is -0.272. The van der Waals surface area contributed by atoms with Gasteiger partial charge < -0.3 is 15.0 Å². The molecular weight excluding hydrogens is 526 g/mol. The van der Waals surface area contributed by atoms with E-state index in [1.54, 1.807) is 43.3 Å². The third-order valence-corrected chi connectivity index (χ3v) is 8.81. The molecule has 0 unspecified atom stereocenters. The molecule has 0 bridgehead atoms. The van der Waals surface area contributed by atoms with Gasteiger partial charge in [-0.1, -0.05) is 48.9 Å². The van der Waals surface area contributed by atoms with Gasteiger partial charge in [0.25, 0.3) is 10.0 Å². The van der Waals surface area contributed by atoms with Crippen LogP contribution in [-0.4, -0.2) is 50.9 Å². The highest BCUT2D eigenvalue weighted by Gasteiger charge is 2.33. The van der Waals surface area contributed by atoms with E-state index < -0.39 is 28.5 Å². The summed E-state index contributed by atoms with van der Waals surface area (Å²) in [6, 6.07) is 19.7. The first-order chi connectivity index (χ1) is 19.0. The van der Waals surface area contributed by atoms with Gasteiger partial charge in [-0.3, -0.25) is 13.9 Å². The summed E-state index contributed by atoms with van der Waals surface area (Å²) in [6.45, 7) is 9.05. The first kappa shape index (κ1) is 30.7. The second-order valence-corrected chi connectivity index (χ2v) is 11.8. The van der Waals surface area contributed by atoms with E-state index in [9.17, 15) is 18.0 Å². The highest BCUT2D eigenvalue weighted by atomic mass is 32.2. The zero-order valence-electron chi connectivity index (χ0n) is 24.0. The number of rotatable bonds is 12. The molecule has 0 heterocycles. The summed E-state index contributed by atoms with van der Waals surface area (Å²) >= 11 is 0. The van der Waals surface area contributed by atoms with Gasteiger partial charge in [0.15, 0.2) is 0 Å². The Morgan fingerprint density at radius 2 is 1.55 bits per heavy atom. The van der Waals surface area contributed by atoms with Crippen LogP contribution in [-0.2, 0) is 26.2 Å². The van der Waals surface area contributed by atoms with Crippen LogP contribution in [0.4, 0.5) is 5.69 Å². The minimum atomic E-state index is -4.14. The summed E-state index contributed by atoms with van der Waals surface area (Å²) in [4.78, 5) is 28.6. The molecule has 9 heteroatoms. The van der Waals surface area contributed by atoms with Gasteiger partial charge in [-0.15, -0.1) is 0 Å². The third kappa shape index (κ3) is 7.41. The quantitative estimate of drug-likeness (QED) is 0.339. The molecule has 1 N–H and O–H groups in total. The van der Waals surface area contributed by atoms with E-state index >= 15 is 0 Å². The lowest BCUT2D eigenvalue weighted by Crippen LogP contribution is -2.52. The van der Waals surface area contributed by atoms with Crippen LogP contribution in [0, 0.1) is 13.8 Å². The molecule has 3 rings (SSSR count). The fourth-order valence-electron chi connectivity index (χ4n) is 4.13. The first-order valence-corrected chi connectivity index (χ1v) is 14.8.